The Balaban J connectivity index is 2.49. The monoisotopic (exact) mass is 355 g/mol. The highest BCUT2D eigenvalue weighted by Crippen LogP contribution is 2.33. The lowest BCUT2D eigenvalue weighted by Crippen LogP contribution is -2.42. The predicted molar refractivity (Wildman–Crippen MR) is 79.1 cm³/mol. The molecule has 4 unspecified atom stereocenters. The molecule has 1 amide bonds. The Morgan fingerprint density at radius 2 is 1.88 bits per heavy atom. The highest BCUT2D eigenvalue weighted by atomic mass is 16.6. The fourth-order valence-electron chi connectivity index (χ4n) is 2.52. The SMILES string of the molecule is CC(=O)OC1C(CO)OC(n2ccnc(C(N)=O)c2=O)C1OC(C)=O. The van der Waals surface area contributed by atoms with Crippen molar-refractivity contribution in [3.8, 4) is 0 Å². The number of carbonyl (C=O) groups excluding carboxylic acids is 3. The van der Waals surface area contributed by atoms with Gasteiger partial charge in [-0.3, -0.25) is 23.7 Å². The summed E-state index contributed by atoms with van der Waals surface area (Å²) in [5.41, 5.74) is 3.68. The molecule has 3 N–H and O–H groups in total. The van der Waals surface area contributed by atoms with Crippen molar-refractivity contribution in [1.29, 1.82) is 0 Å². The third-order valence-electron chi connectivity index (χ3n) is 3.45. The first kappa shape index (κ1) is 18.5. The zero-order chi connectivity index (χ0) is 18.7. The molecule has 2 rings (SSSR count). The van der Waals surface area contributed by atoms with Gasteiger partial charge in [0, 0.05) is 26.2 Å². The second kappa shape index (κ2) is 7.40. The number of nitrogens with two attached hydrogens (primary N) is 1. The topological polar surface area (TPSA) is 160 Å². The van der Waals surface area contributed by atoms with E-state index in [1.165, 1.54) is 6.20 Å². The Kier molecular flexibility index (Phi) is 5.49. The van der Waals surface area contributed by atoms with E-state index in [4.69, 9.17) is 19.9 Å². The van der Waals surface area contributed by atoms with E-state index in [9.17, 15) is 24.3 Å². The van der Waals surface area contributed by atoms with E-state index in [-0.39, 0.29) is 0 Å². The molecule has 25 heavy (non-hydrogen) atoms. The van der Waals surface area contributed by atoms with Crippen LogP contribution in [0.1, 0.15) is 30.6 Å². The molecule has 1 aromatic heterocycles. The van der Waals surface area contributed by atoms with Gasteiger partial charge in [0.25, 0.3) is 11.5 Å². The molecule has 1 aromatic rings. The highest BCUT2D eigenvalue weighted by molar-refractivity contribution is 5.90. The third-order valence-corrected chi connectivity index (χ3v) is 3.45. The summed E-state index contributed by atoms with van der Waals surface area (Å²) in [4.78, 5) is 50.0. The second-order valence-electron chi connectivity index (χ2n) is 5.25. The maximum atomic E-state index is 12.4. The minimum absolute atomic E-state index is 0.538. The number of aromatic nitrogens is 2. The first-order valence-electron chi connectivity index (χ1n) is 7.24. The van der Waals surface area contributed by atoms with E-state index in [1.54, 1.807) is 0 Å². The van der Waals surface area contributed by atoms with Gasteiger partial charge in [-0.1, -0.05) is 0 Å². The Labute approximate surface area is 141 Å². The zero-order valence-corrected chi connectivity index (χ0v) is 13.4. The average Bonchev–Trinajstić information content (AvgIpc) is 2.84. The summed E-state index contributed by atoms with van der Waals surface area (Å²) in [6.45, 7) is 1.70. The summed E-state index contributed by atoms with van der Waals surface area (Å²) in [5.74, 6) is -2.45. The van der Waals surface area contributed by atoms with E-state index in [1.807, 2.05) is 0 Å². The van der Waals surface area contributed by atoms with Gasteiger partial charge < -0.3 is 25.1 Å². The third kappa shape index (κ3) is 3.83. The van der Waals surface area contributed by atoms with Gasteiger partial charge in [0.05, 0.1) is 6.61 Å². The van der Waals surface area contributed by atoms with Gasteiger partial charge in [-0.25, -0.2) is 4.98 Å². The standard InChI is InChI=1S/C14H17N3O8/c1-6(19)23-10-8(5-18)25-14(11(10)24-7(2)20)17-4-3-16-9(12(15)21)13(17)22/h3-4,8,10-11,14,18H,5H2,1-2H3,(H2,15,21). The summed E-state index contributed by atoms with van der Waals surface area (Å²) in [7, 11) is 0. The number of rotatable bonds is 5. The number of aliphatic hydroxyl groups is 1. The van der Waals surface area contributed by atoms with Crippen LogP contribution in [-0.2, 0) is 23.8 Å². The van der Waals surface area contributed by atoms with E-state index in [0.717, 1.165) is 24.6 Å². The minimum Gasteiger partial charge on any atom is -0.456 e. The van der Waals surface area contributed by atoms with Crippen LogP contribution in [0.3, 0.4) is 0 Å². The number of nitrogens with zero attached hydrogens (tertiary/aromatic N) is 2. The van der Waals surface area contributed by atoms with Gasteiger partial charge in [-0.05, 0) is 0 Å². The van der Waals surface area contributed by atoms with Crippen LogP contribution in [0.5, 0.6) is 0 Å². The molecule has 11 heteroatoms. The summed E-state index contributed by atoms with van der Waals surface area (Å²) in [6, 6.07) is 0. The lowest BCUT2D eigenvalue weighted by molar-refractivity contribution is -0.165. The van der Waals surface area contributed by atoms with Crippen molar-refractivity contribution in [2.45, 2.75) is 38.4 Å². The quantitative estimate of drug-likeness (QED) is 0.575. The maximum absolute atomic E-state index is 12.4. The molecule has 0 radical (unpaired) electrons. The summed E-state index contributed by atoms with van der Waals surface area (Å²) in [6.07, 6.45) is -2.33. The molecule has 0 bridgehead atoms. The molecular formula is C14H17N3O8. The molecule has 1 aliphatic heterocycles. The van der Waals surface area contributed by atoms with E-state index in [2.05, 4.69) is 4.98 Å². The molecule has 0 aliphatic carbocycles. The Bertz CT molecular complexity index is 746. The number of hydrogen-bond donors (Lipinski definition) is 2. The molecule has 11 nitrogen and oxygen atoms in total. The number of aliphatic hydroxyl groups excluding tert-OH is 1. The number of esters is 2. The van der Waals surface area contributed by atoms with Crippen LogP contribution in [0.4, 0.5) is 0 Å². The van der Waals surface area contributed by atoms with Crippen molar-refractivity contribution in [1.82, 2.24) is 9.55 Å². The highest BCUT2D eigenvalue weighted by Gasteiger charge is 2.50. The number of hydrogen-bond acceptors (Lipinski definition) is 9. The predicted octanol–water partition coefficient (Wildman–Crippen LogP) is -1.90. The summed E-state index contributed by atoms with van der Waals surface area (Å²) >= 11 is 0. The first-order chi connectivity index (χ1) is 11.8. The first-order valence-corrected chi connectivity index (χ1v) is 7.24. The fourth-order valence-corrected chi connectivity index (χ4v) is 2.52. The van der Waals surface area contributed by atoms with Crippen molar-refractivity contribution in [3.05, 3.63) is 28.4 Å². The van der Waals surface area contributed by atoms with Crippen molar-refractivity contribution < 1.29 is 33.7 Å². The molecule has 1 fully saturated rings. The van der Waals surface area contributed by atoms with E-state index < -0.39 is 60.2 Å². The lowest BCUT2D eigenvalue weighted by Gasteiger charge is -2.23. The van der Waals surface area contributed by atoms with Crippen LogP contribution < -0.4 is 11.3 Å². The Morgan fingerprint density at radius 1 is 1.28 bits per heavy atom. The molecule has 4 atom stereocenters. The largest absolute Gasteiger partial charge is 0.456 e. The van der Waals surface area contributed by atoms with Crippen LogP contribution >= 0.6 is 0 Å². The van der Waals surface area contributed by atoms with Gasteiger partial charge in [0.15, 0.2) is 24.1 Å². The molecule has 0 aromatic carbocycles. The zero-order valence-electron chi connectivity index (χ0n) is 13.4. The van der Waals surface area contributed by atoms with Crippen LogP contribution in [0.15, 0.2) is 17.2 Å². The number of amides is 1. The van der Waals surface area contributed by atoms with E-state index in [0.29, 0.717) is 0 Å². The number of ether oxygens (including phenoxy) is 3. The van der Waals surface area contributed by atoms with Gasteiger partial charge in [0.2, 0.25) is 0 Å². The van der Waals surface area contributed by atoms with Crippen LogP contribution in [0.25, 0.3) is 0 Å². The van der Waals surface area contributed by atoms with Crippen molar-refractivity contribution in [2.24, 2.45) is 5.73 Å². The Morgan fingerprint density at radius 3 is 2.40 bits per heavy atom. The van der Waals surface area contributed by atoms with Crippen LogP contribution in [0, 0.1) is 0 Å². The number of carbonyl (C=O) groups is 3. The molecule has 1 saturated heterocycles. The molecule has 0 spiro atoms. The van der Waals surface area contributed by atoms with E-state index >= 15 is 0 Å². The van der Waals surface area contributed by atoms with Gasteiger partial charge in [0.1, 0.15) is 6.10 Å². The van der Waals surface area contributed by atoms with Crippen LogP contribution in [-0.4, -0.2) is 57.4 Å². The Hall–Kier alpha value is -2.79. The van der Waals surface area contributed by atoms with Crippen molar-refractivity contribution in [2.75, 3.05) is 6.61 Å². The van der Waals surface area contributed by atoms with Crippen molar-refractivity contribution in [3.63, 3.8) is 0 Å². The lowest BCUT2D eigenvalue weighted by atomic mass is 10.1. The fraction of sp³-hybridized carbons (Fsp3) is 0.500. The summed E-state index contributed by atoms with van der Waals surface area (Å²) < 4.78 is 16.7. The number of primary amides is 1. The molecule has 0 saturated carbocycles. The van der Waals surface area contributed by atoms with Gasteiger partial charge in [-0.15, -0.1) is 0 Å². The maximum Gasteiger partial charge on any atom is 0.303 e. The molecule has 1 aliphatic rings. The van der Waals surface area contributed by atoms with Crippen LogP contribution in [0.2, 0.25) is 0 Å². The minimum atomic E-state index is -1.25. The van der Waals surface area contributed by atoms with Gasteiger partial charge in [-0.2, -0.15) is 0 Å². The average molecular weight is 355 g/mol. The summed E-state index contributed by atoms with van der Waals surface area (Å²) in [5, 5.41) is 9.45. The van der Waals surface area contributed by atoms with Gasteiger partial charge >= 0.3 is 11.9 Å². The smallest absolute Gasteiger partial charge is 0.303 e. The second-order valence-corrected chi connectivity index (χ2v) is 5.25. The van der Waals surface area contributed by atoms with Crippen molar-refractivity contribution >= 4 is 17.8 Å². The molecule has 136 valence electrons. The molecular weight excluding hydrogens is 338 g/mol. The molecule has 2 heterocycles. The normalized spacial score (nSPS) is 25.4.